The zero-order valence-corrected chi connectivity index (χ0v) is 9.70. The molecule has 0 heterocycles. The lowest BCUT2D eigenvalue weighted by atomic mass is 9.80. The van der Waals surface area contributed by atoms with Crippen molar-refractivity contribution in [3.8, 4) is 0 Å². The highest BCUT2D eigenvalue weighted by Gasteiger charge is 2.44. The lowest BCUT2D eigenvalue weighted by Gasteiger charge is -2.25. The molecule has 0 aromatic rings. The molecule has 3 nitrogen and oxygen atoms in total. The van der Waals surface area contributed by atoms with Crippen LogP contribution >= 0.6 is 0 Å². The first kappa shape index (κ1) is 12.5. The van der Waals surface area contributed by atoms with E-state index in [1.54, 1.807) is 6.92 Å². The maximum atomic E-state index is 11.3. The van der Waals surface area contributed by atoms with Gasteiger partial charge in [-0.2, -0.15) is 0 Å². The quantitative estimate of drug-likeness (QED) is 0.739. The third-order valence-corrected chi connectivity index (χ3v) is 3.78. The summed E-state index contributed by atoms with van der Waals surface area (Å²) < 4.78 is 0. The Labute approximate surface area is 91.5 Å². The van der Waals surface area contributed by atoms with Gasteiger partial charge in [0.05, 0.1) is 11.5 Å². The summed E-state index contributed by atoms with van der Waals surface area (Å²) in [5.41, 5.74) is -0.544. The molecule has 0 radical (unpaired) electrons. The minimum atomic E-state index is -0.667. The summed E-state index contributed by atoms with van der Waals surface area (Å²) in [5.74, 6) is -0.103. The summed E-state index contributed by atoms with van der Waals surface area (Å²) >= 11 is 0. The van der Waals surface area contributed by atoms with E-state index < -0.39 is 11.4 Å². The SMILES string of the molecule is CCC1CCC(CCC(C)O)(C(=O)O)C1. The van der Waals surface area contributed by atoms with Gasteiger partial charge in [-0.15, -0.1) is 0 Å². The van der Waals surface area contributed by atoms with E-state index in [2.05, 4.69) is 6.92 Å². The number of rotatable bonds is 5. The molecule has 0 spiro atoms. The number of carbonyl (C=O) groups is 1. The molecule has 88 valence electrons. The van der Waals surface area contributed by atoms with Crippen LogP contribution in [-0.4, -0.2) is 22.3 Å². The van der Waals surface area contributed by atoms with Gasteiger partial charge < -0.3 is 10.2 Å². The molecule has 1 rings (SSSR count). The van der Waals surface area contributed by atoms with Gasteiger partial charge in [-0.1, -0.05) is 13.3 Å². The van der Waals surface area contributed by atoms with Crippen LogP contribution in [0.4, 0.5) is 0 Å². The zero-order valence-electron chi connectivity index (χ0n) is 9.70. The van der Waals surface area contributed by atoms with E-state index >= 15 is 0 Å². The number of hydrogen-bond donors (Lipinski definition) is 2. The fraction of sp³-hybridized carbons (Fsp3) is 0.917. The lowest BCUT2D eigenvalue weighted by Crippen LogP contribution is -2.29. The van der Waals surface area contributed by atoms with Crippen LogP contribution < -0.4 is 0 Å². The molecule has 0 bridgehead atoms. The smallest absolute Gasteiger partial charge is 0.309 e. The van der Waals surface area contributed by atoms with E-state index in [-0.39, 0.29) is 6.10 Å². The Hall–Kier alpha value is -0.570. The van der Waals surface area contributed by atoms with Gasteiger partial charge in [0.25, 0.3) is 0 Å². The van der Waals surface area contributed by atoms with E-state index in [0.717, 1.165) is 25.7 Å². The minimum absolute atomic E-state index is 0.387. The van der Waals surface area contributed by atoms with Crippen molar-refractivity contribution in [3.63, 3.8) is 0 Å². The van der Waals surface area contributed by atoms with Crippen LogP contribution in [0.5, 0.6) is 0 Å². The van der Waals surface area contributed by atoms with Crippen LogP contribution in [0.3, 0.4) is 0 Å². The second-order valence-electron chi connectivity index (χ2n) is 4.99. The lowest BCUT2D eigenvalue weighted by molar-refractivity contribution is -0.149. The predicted octanol–water partition coefficient (Wildman–Crippen LogP) is 2.43. The van der Waals surface area contributed by atoms with Crippen molar-refractivity contribution in [3.05, 3.63) is 0 Å². The van der Waals surface area contributed by atoms with Crippen molar-refractivity contribution in [2.75, 3.05) is 0 Å². The molecular formula is C12H22O3. The minimum Gasteiger partial charge on any atom is -0.481 e. The van der Waals surface area contributed by atoms with Gasteiger partial charge in [-0.25, -0.2) is 0 Å². The van der Waals surface area contributed by atoms with Crippen molar-refractivity contribution in [2.24, 2.45) is 11.3 Å². The van der Waals surface area contributed by atoms with E-state index in [9.17, 15) is 15.0 Å². The summed E-state index contributed by atoms with van der Waals surface area (Å²) in [6.07, 6.45) is 4.52. The first-order chi connectivity index (χ1) is 7.00. The van der Waals surface area contributed by atoms with Gasteiger partial charge in [-0.05, 0) is 44.9 Å². The van der Waals surface area contributed by atoms with Crippen LogP contribution in [0.2, 0.25) is 0 Å². The molecule has 3 unspecified atom stereocenters. The predicted molar refractivity (Wildman–Crippen MR) is 58.6 cm³/mol. The van der Waals surface area contributed by atoms with Crippen LogP contribution in [0.1, 0.15) is 52.4 Å². The molecule has 0 saturated heterocycles. The number of carboxylic acids is 1. The average molecular weight is 214 g/mol. The fourth-order valence-corrected chi connectivity index (χ4v) is 2.60. The Morgan fingerprint density at radius 2 is 2.27 bits per heavy atom. The number of carboxylic acid groups (broad SMARTS) is 1. The molecule has 3 heteroatoms. The van der Waals surface area contributed by atoms with Crippen LogP contribution in [-0.2, 0) is 4.79 Å². The van der Waals surface area contributed by atoms with E-state index in [4.69, 9.17) is 0 Å². The number of aliphatic carboxylic acids is 1. The molecule has 1 saturated carbocycles. The Morgan fingerprint density at radius 3 is 2.67 bits per heavy atom. The molecule has 0 aromatic heterocycles. The van der Waals surface area contributed by atoms with Gasteiger partial charge in [0.1, 0.15) is 0 Å². The molecule has 0 aliphatic heterocycles. The molecule has 15 heavy (non-hydrogen) atoms. The van der Waals surface area contributed by atoms with Crippen molar-refractivity contribution in [2.45, 2.75) is 58.5 Å². The van der Waals surface area contributed by atoms with E-state index in [1.807, 2.05) is 0 Å². The van der Waals surface area contributed by atoms with Crippen molar-refractivity contribution in [1.82, 2.24) is 0 Å². The topological polar surface area (TPSA) is 57.5 Å². The Kier molecular flexibility index (Phi) is 4.14. The highest BCUT2D eigenvalue weighted by molar-refractivity contribution is 5.75. The van der Waals surface area contributed by atoms with Gasteiger partial charge in [0.2, 0.25) is 0 Å². The maximum Gasteiger partial charge on any atom is 0.309 e. The highest BCUT2D eigenvalue weighted by Crippen LogP contribution is 2.46. The molecule has 2 N–H and O–H groups in total. The van der Waals surface area contributed by atoms with E-state index in [1.165, 1.54) is 0 Å². The van der Waals surface area contributed by atoms with Crippen LogP contribution in [0.15, 0.2) is 0 Å². The largest absolute Gasteiger partial charge is 0.481 e. The first-order valence-corrected chi connectivity index (χ1v) is 5.91. The summed E-state index contributed by atoms with van der Waals surface area (Å²) in [5, 5.41) is 18.5. The molecule has 1 aliphatic rings. The number of aliphatic hydroxyl groups is 1. The standard InChI is InChI=1S/C12H22O3/c1-3-10-5-7-12(8-10,11(14)15)6-4-9(2)13/h9-10,13H,3-8H2,1-2H3,(H,14,15). The van der Waals surface area contributed by atoms with Crippen molar-refractivity contribution in [1.29, 1.82) is 0 Å². The molecular weight excluding hydrogens is 192 g/mol. The maximum absolute atomic E-state index is 11.3. The summed E-state index contributed by atoms with van der Waals surface area (Å²) in [7, 11) is 0. The van der Waals surface area contributed by atoms with Crippen LogP contribution in [0.25, 0.3) is 0 Å². The Balaban J connectivity index is 2.60. The average Bonchev–Trinajstić information content (AvgIpc) is 2.59. The van der Waals surface area contributed by atoms with Gasteiger partial charge in [0, 0.05) is 0 Å². The molecule has 3 atom stereocenters. The first-order valence-electron chi connectivity index (χ1n) is 5.91. The Morgan fingerprint density at radius 1 is 1.60 bits per heavy atom. The third-order valence-electron chi connectivity index (χ3n) is 3.78. The molecule has 1 aliphatic carbocycles. The summed E-state index contributed by atoms with van der Waals surface area (Å²) in [6.45, 7) is 3.85. The van der Waals surface area contributed by atoms with Crippen molar-refractivity contribution >= 4 is 5.97 Å². The fourth-order valence-electron chi connectivity index (χ4n) is 2.60. The molecule has 0 amide bonds. The highest BCUT2D eigenvalue weighted by atomic mass is 16.4. The van der Waals surface area contributed by atoms with Gasteiger partial charge in [-0.3, -0.25) is 4.79 Å². The Bertz CT molecular complexity index is 225. The monoisotopic (exact) mass is 214 g/mol. The van der Waals surface area contributed by atoms with Gasteiger partial charge >= 0.3 is 5.97 Å². The number of hydrogen-bond acceptors (Lipinski definition) is 2. The van der Waals surface area contributed by atoms with Crippen LogP contribution in [0, 0.1) is 11.3 Å². The van der Waals surface area contributed by atoms with Crippen molar-refractivity contribution < 1.29 is 15.0 Å². The molecule has 0 aromatic carbocycles. The second-order valence-corrected chi connectivity index (χ2v) is 4.99. The summed E-state index contributed by atoms with van der Waals surface area (Å²) in [4.78, 5) is 11.3. The number of aliphatic hydroxyl groups excluding tert-OH is 1. The third kappa shape index (κ3) is 2.94. The van der Waals surface area contributed by atoms with E-state index in [0.29, 0.717) is 18.8 Å². The zero-order chi connectivity index (χ0) is 11.5. The summed E-state index contributed by atoms with van der Waals surface area (Å²) in [6, 6.07) is 0. The normalized spacial score (nSPS) is 32.9. The van der Waals surface area contributed by atoms with Gasteiger partial charge in [0.15, 0.2) is 0 Å². The second kappa shape index (κ2) is 4.97. The molecule has 1 fully saturated rings.